The van der Waals surface area contributed by atoms with E-state index in [2.05, 4.69) is 11.9 Å². The third kappa shape index (κ3) is 3.64. The first kappa shape index (κ1) is 16.9. The van der Waals surface area contributed by atoms with Gasteiger partial charge in [-0.2, -0.15) is 4.98 Å². The van der Waals surface area contributed by atoms with Gasteiger partial charge in [0.25, 0.3) is 0 Å². The van der Waals surface area contributed by atoms with E-state index in [0.29, 0.717) is 6.61 Å². The van der Waals surface area contributed by atoms with Crippen molar-refractivity contribution in [2.45, 2.75) is 50.7 Å². The van der Waals surface area contributed by atoms with Gasteiger partial charge in [0.1, 0.15) is 24.1 Å². The minimum Gasteiger partial charge on any atom is -0.394 e. The van der Waals surface area contributed by atoms with Crippen molar-refractivity contribution in [2.24, 2.45) is 0 Å². The number of hydrogen-bond acceptors (Lipinski definition) is 7. The molecule has 1 aromatic rings. The van der Waals surface area contributed by atoms with Crippen molar-refractivity contribution in [1.82, 2.24) is 9.55 Å². The van der Waals surface area contributed by atoms with Crippen molar-refractivity contribution in [1.29, 1.82) is 0 Å². The number of nitrogens with two attached hydrogens (primary N) is 1. The summed E-state index contributed by atoms with van der Waals surface area (Å²) in [5.74, 6) is 0.0970. The van der Waals surface area contributed by atoms with Gasteiger partial charge in [-0.05, 0) is 12.5 Å². The Kier molecular flexibility index (Phi) is 5.90. The molecule has 124 valence electrons. The van der Waals surface area contributed by atoms with Crippen molar-refractivity contribution < 1.29 is 19.7 Å². The van der Waals surface area contributed by atoms with Gasteiger partial charge in [0.05, 0.1) is 6.61 Å². The van der Waals surface area contributed by atoms with E-state index in [4.69, 9.17) is 15.2 Å². The SMILES string of the molecule is CCCCCO[C@H]1[C@H](O)[C@H](n2ccc(N)nc2=O)O[C@@H]1CO. The zero-order valence-electron chi connectivity index (χ0n) is 12.6. The molecule has 2 heterocycles. The molecule has 8 nitrogen and oxygen atoms in total. The standard InChI is InChI=1S/C14H23N3O5/c1-2-3-4-7-21-12-9(8-18)22-13(11(12)19)17-6-5-10(15)16-14(17)20/h5-6,9,11-13,18-19H,2-4,7-8H2,1H3,(H2,15,16,20)/t9-,11+,12-,13-/m1/s1. The molecule has 1 aliphatic rings. The van der Waals surface area contributed by atoms with Crippen molar-refractivity contribution in [2.75, 3.05) is 18.9 Å². The zero-order chi connectivity index (χ0) is 16.1. The van der Waals surface area contributed by atoms with E-state index in [1.165, 1.54) is 12.3 Å². The number of aliphatic hydroxyl groups is 2. The predicted molar refractivity (Wildman–Crippen MR) is 79.2 cm³/mol. The second kappa shape index (κ2) is 7.68. The number of anilines is 1. The lowest BCUT2D eigenvalue weighted by atomic mass is 10.1. The fourth-order valence-electron chi connectivity index (χ4n) is 2.49. The van der Waals surface area contributed by atoms with Gasteiger partial charge in [-0.25, -0.2) is 4.79 Å². The zero-order valence-corrected chi connectivity index (χ0v) is 12.6. The van der Waals surface area contributed by atoms with Crippen LogP contribution >= 0.6 is 0 Å². The molecule has 0 aromatic carbocycles. The molecule has 0 aliphatic carbocycles. The van der Waals surface area contributed by atoms with Crippen LogP contribution in [0.4, 0.5) is 5.82 Å². The van der Waals surface area contributed by atoms with E-state index in [1.54, 1.807) is 0 Å². The summed E-state index contributed by atoms with van der Waals surface area (Å²) in [6.45, 7) is 2.25. The van der Waals surface area contributed by atoms with Crippen molar-refractivity contribution in [3.05, 3.63) is 22.7 Å². The molecular formula is C14H23N3O5. The van der Waals surface area contributed by atoms with Crippen LogP contribution in [0.2, 0.25) is 0 Å². The summed E-state index contributed by atoms with van der Waals surface area (Å²) in [6.07, 6.45) is 0.973. The summed E-state index contributed by atoms with van der Waals surface area (Å²) in [4.78, 5) is 15.5. The van der Waals surface area contributed by atoms with E-state index >= 15 is 0 Å². The lowest BCUT2D eigenvalue weighted by Gasteiger charge is -2.20. The third-order valence-electron chi connectivity index (χ3n) is 3.67. The Bertz CT molecular complexity index is 535. The maximum Gasteiger partial charge on any atom is 0.351 e. The molecule has 4 N–H and O–H groups in total. The topological polar surface area (TPSA) is 120 Å². The average molecular weight is 313 g/mol. The van der Waals surface area contributed by atoms with E-state index in [-0.39, 0.29) is 12.4 Å². The van der Waals surface area contributed by atoms with E-state index < -0.39 is 30.2 Å². The molecule has 1 saturated heterocycles. The molecule has 0 unspecified atom stereocenters. The normalized spacial score (nSPS) is 28.1. The van der Waals surface area contributed by atoms with E-state index in [0.717, 1.165) is 23.8 Å². The maximum atomic E-state index is 11.9. The molecule has 0 amide bonds. The quantitative estimate of drug-likeness (QED) is 0.589. The van der Waals surface area contributed by atoms with Crippen molar-refractivity contribution in [3.8, 4) is 0 Å². The van der Waals surface area contributed by atoms with E-state index in [9.17, 15) is 15.0 Å². The van der Waals surface area contributed by atoms with Crippen LogP contribution in [-0.2, 0) is 9.47 Å². The molecule has 1 aliphatic heterocycles. The van der Waals surface area contributed by atoms with Crippen LogP contribution in [0.3, 0.4) is 0 Å². The number of aliphatic hydroxyl groups excluding tert-OH is 2. The average Bonchev–Trinajstić information content (AvgIpc) is 2.80. The number of rotatable bonds is 7. The third-order valence-corrected chi connectivity index (χ3v) is 3.67. The smallest absolute Gasteiger partial charge is 0.351 e. The minimum absolute atomic E-state index is 0.0970. The number of hydrogen-bond donors (Lipinski definition) is 3. The van der Waals surface area contributed by atoms with Crippen LogP contribution in [0.5, 0.6) is 0 Å². The van der Waals surface area contributed by atoms with Crippen LogP contribution in [0.15, 0.2) is 17.1 Å². The lowest BCUT2D eigenvalue weighted by molar-refractivity contribution is -0.0625. The van der Waals surface area contributed by atoms with Crippen LogP contribution in [0.25, 0.3) is 0 Å². The summed E-state index contributed by atoms with van der Waals surface area (Å²) in [5, 5.41) is 19.8. The minimum atomic E-state index is -1.07. The Morgan fingerprint density at radius 1 is 1.50 bits per heavy atom. The number of nitrogens with zero attached hydrogens (tertiary/aromatic N) is 2. The Hall–Kier alpha value is -1.48. The second-order valence-electron chi connectivity index (χ2n) is 5.32. The molecule has 1 aromatic heterocycles. The summed E-state index contributed by atoms with van der Waals surface area (Å²) < 4.78 is 12.3. The number of unbranched alkanes of at least 4 members (excludes halogenated alkanes) is 2. The van der Waals surface area contributed by atoms with Gasteiger partial charge in [0.15, 0.2) is 6.23 Å². The molecule has 4 atom stereocenters. The fraction of sp³-hybridized carbons (Fsp3) is 0.714. The summed E-state index contributed by atoms with van der Waals surface area (Å²) >= 11 is 0. The molecular weight excluding hydrogens is 290 g/mol. The Morgan fingerprint density at radius 2 is 2.27 bits per heavy atom. The first-order valence-electron chi connectivity index (χ1n) is 7.49. The molecule has 1 fully saturated rings. The van der Waals surface area contributed by atoms with Crippen LogP contribution in [0, 0.1) is 0 Å². The maximum absolute atomic E-state index is 11.9. The van der Waals surface area contributed by atoms with Gasteiger partial charge in [0, 0.05) is 12.8 Å². The molecule has 0 radical (unpaired) electrons. The molecule has 0 bridgehead atoms. The van der Waals surface area contributed by atoms with Gasteiger partial charge in [-0.3, -0.25) is 4.57 Å². The highest BCUT2D eigenvalue weighted by atomic mass is 16.6. The first-order valence-corrected chi connectivity index (χ1v) is 7.49. The summed E-state index contributed by atoms with van der Waals surface area (Å²) in [7, 11) is 0. The highest BCUT2D eigenvalue weighted by Crippen LogP contribution is 2.30. The Morgan fingerprint density at radius 3 is 2.91 bits per heavy atom. The van der Waals surface area contributed by atoms with Crippen LogP contribution in [0.1, 0.15) is 32.4 Å². The van der Waals surface area contributed by atoms with Gasteiger partial charge in [-0.1, -0.05) is 19.8 Å². The fourth-order valence-corrected chi connectivity index (χ4v) is 2.49. The number of aromatic nitrogens is 2. The Labute approximate surface area is 128 Å². The number of nitrogen functional groups attached to an aromatic ring is 1. The van der Waals surface area contributed by atoms with Gasteiger partial charge >= 0.3 is 5.69 Å². The molecule has 0 saturated carbocycles. The molecule has 0 spiro atoms. The van der Waals surface area contributed by atoms with E-state index in [1.807, 2.05) is 0 Å². The summed E-state index contributed by atoms with van der Waals surface area (Å²) in [6, 6.07) is 1.45. The van der Waals surface area contributed by atoms with Gasteiger partial charge in [-0.15, -0.1) is 0 Å². The van der Waals surface area contributed by atoms with Crippen LogP contribution < -0.4 is 11.4 Å². The number of ether oxygens (including phenoxy) is 2. The molecule has 2 rings (SSSR count). The van der Waals surface area contributed by atoms with Crippen LogP contribution in [-0.4, -0.2) is 51.3 Å². The molecule has 22 heavy (non-hydrogen) atoms. The first-order chi connectivity index (χ1) is 10.6. The highest BCUT2D eigenvalue weighted by Gasteiger charge is 2.45. The highest BCUT2D eigenvalue weighted by molar-refractivity contribution is 5.23. The Balaban J connectivity index is 2.09. The van der Waals surface area contributed by atoms with Gasteiger partial charge in [0.2, 0.25) is 0 Å². The largest absolute Gasteiger partial charge is 0.394 e. The predicted octanol–water partition coefficient (Wildman–Crippen LogP) is -0.348. The van der Waals surface area contributed by atoms with Crippen molar-refractivity contribution in [3.63, 3.8) is 0 Å². The monoisotopic (exact) mass is 313 g/mol. The lowest BCUT2D eigenvalue weighted by Crippen LogP contribution is -2.38. The second-order valence-corrected chi connectivity index (χ2v) is 5.32. The summed E-state index contributed by atoms with van der Waals surface area (Å²) in [5.41, 5.74) is 4.83. The molecule has 8 heteroatoms. The van der Waals surface area contributed by atoms with Gasteiger partial charge < -0.3 is 25.4 Å². The van der Waals surface area contributed by atoms with Crippen molar-refractivity contribution >= 4 is 5.82 Å².